The minimum Gasteiger partial charge on any atom is -0.459 e. The molecule has 1 heterocycles. The quantitative estimate of drug-likeness (QED) is 0.836. The molecule has 2 aromatic rings. The van der Waals surface area contributed by atoms with Crippen molar-refractivity contribution in [1.82, 2.24) is 9.78 Å². The van der Waals surface area contributed by atoms with Crippen LogP contribution in [0.2, 0.25) is 0 Å². The van der Waals surface area contributed by atoms with Crippen LogP contribution in [0.4, 0.5) is 5.69 Å². The number of carbonyl (C=O) groups excluding carboxylic acids is 1. The van der Waals surface area contributed by atoms with Crippen molar-refractivity contribution >= 4 is 21.7 Å². The van der Waals surface area contributed by atoms with E-state index in [0.717, 1.165) is 0 Å². The van der Waals surface area contributed by atoms with E-state index in [2.05, 4.69) is 9.82 Å². The lowest BCUT2D eigenvalue weighted by atomic mass is 10.2. The Hall–Kier alpha value is -2.35. The van der Waals surface area contributed by atoms with Gasteiger partial charge >= 0.3 is 5.97 Å². The zero-order valence-corrected chi connectivity index (χ0v) is 15.1. The van der Waals surface area contributed by atoms with E-state index in [1.54, 1.807) is 34.7 Å². The number of aromatic nitrogens is 2. The minimum absolute atomic E-state index is 0.160. The SMILES string of the molecule is Cc1nn(C)c(C)c1S(=O)(=O)Nc1ccc(C(=O)OC(C)C)cc1. The zero-order chi connectivity index (χ0) is 18.1. The molecule has 0 saturated carbocycles. The van der Waals surface area contributed by atoms with Gasteiger partial charge in [0.2, 0.25) is 0 Å². The van der Waals surface area contributed by atoms with Gasteiger partial charge in [0.25, 0.3) is 10.0 Å². The largest absolute Gasteiger partial charge is 0.459 e. The van der Waals surface area contributed by atoms with Gasteiger partial charge in [-0.05, 0) is 52.0 Å². The molecular weight excluding hydrogens is 330 g/mol. The standard InChI is InChI=1S/C16H21N3O4S/c1-10(2)23-16(20)13-6-8-14(9-7-13)18-24(21,22)15-11(3)17-19(5)12(15)4/h6-10,18H,1-5H3. The fraction of sp³-hybridized carbons (Fsp3) is 0.375. The van der Waals surface area contributed by atoms with Gasteiger partial charge in [-0.15, -0.1) is 0 Å². The second-order valence-electron chi connectivity index (χ2n) is 5.76. The third-order valence-corrected chi connectivity index (χ3v) is 5.06. The summed E-state index contributed by atoms with van der Waals surface area (Å²) < 4.78 is 34.2. The van der Waals surface area contributed by atoms with Crippen LogP contribution in [-0.2, 0) is 21.8 Å². The first-order valence-electron chi connectivity index (χ1n) is 7.46. The van der Waals surface area contributed by atoms with Crippen molar-refractivity contribution in [2.75, 3.05) is 4.72 Å². The number of hydrogen-bond acceptors (Lipinski definition) is 5. The first-order chi connectivity index (χ1) is 11.1. The number of anilines is 1. The van der Waals surface area contributed by atoms with Gasteiger partial charge in [-0.2, -0.15) is 5.10 Å². The number of carbonyl (C=O) groups is 1. The fourth-order valence-corrected chi connectivity index (χ4v) is 3.80. The Kier molecular flexibility index (Phi) is 4.98. The number of nitrogens with zero attached hydrogens (tertiary/aromatic N) is 2. The molecule has 1 aromatic carbocycles. The van der Waals surface area contributed by atoms with E-state index in [1.807, 2.05) is 0 Å². The van der Waals surface area contributed by atoms with Gasteiger partial charge in [0.1, 0.15) is 4.90 Å². The topological polar surface area (TPSA) is 90.3 Å². The second-order valence-corrected chi connectivity index (χ2v) is 7.38. The average molecular weight is 351 g/mol. The van der Waals surface area contributed by atoms with Gasteiger partial charge in [0.05, 0.1) is 23.1 Å². The molecule has 7 nitrogen and oxygen atoms in total. The summed E-state index contributed by atoms with van der Waals surface area (Å²) in [6, 6.07) is 6.09. The Balaban J connectivity index is 2.23. The van der Waals surface area contributed by atoms with Crippen molar-refractivity contribution in [3.63, 3.8) is 0 Å². The molecule has 0 fully saturated rings. The summed E-state index contributed by atoms with van der Waals surface area (Å²) in [4.78, 5) is 12.0. The molecule has 1 N–H and O–H groups in total. The molecule has 0 aliphatic heterocycles. The highest BCUT2D eigenvalue weighted by molar-refractivity contribution is 7.92. The molecule has 24 heavy (non-hydrogen) atoms. The van der Waals surface area contributed by atoms with Crippen molar-refractivity contribution in [1.29, 1.82) is 0 Å². The van der Waals surface area contributed by atoms with E-state index in [-0.39, 0.29) is 11.0 Å². The molecule has 0 atom stereocenters. The molecule has 0 bridgehead atoms. The lowest BCUT2D eigenvalue weighted by molar-refractivity contribution is 0.0378. The van der Waals surface area contributed by atoms with Crippen LogP contribution >= 0.6 is 0 Å². The minimum atomic E-state index is -3.76. The smallest absolute Gasteiger partial charge is 0.338 e. The second kappa shape index (κ2) is 6.64. The third-order valence-electron chi connectivity index (χ3n) is 3.43. The van der Waals surface area contributed by atoms with Crippen LogP contribution in [0.15, 0.2) is 29.2 Å². The third kappa shape index (κ3) is 3.76. The number of hydrogen-bond donors (Lipinski definition) is 1. The molecule has 0 spiro atoms. The summed E-state index contributed by atoms with van der Waals surface area (Å²) in [6.07, 6.45) is -0.216. The molecule has 2 rings (SSSR count). The molecular formula is C16H21N3O4S. The van der Waals surface area contributed by atoms with Crippen molar-refractivity contribution in [3.05, 3.63) is 41.2 Å². The first kappa shape index (κ1) is 18.0. The molecule has 0 radical (unpaired) electrons. The molecule has 8 heteroatoms. The number of nitrogens with one attached hydrogen (secondary N) is 1. The predicted octanol–water partition coefficient (Wildman–Crippen LogP) is 2.40. The van der Waals surface area contributed by atoms with Crippen LogP contribution in [0.25, 0.3) is 0 Å². The highest BCUT2D eigenvalue weighted by Crippen LogP contribution is 2.22. The summed E-state index contributed by atoms with van der Waals surface area (Å²) in [6.45, 7) is 6.87. The number of benzene rings is 1. The van der Waals surface area contributed by atoms with E-state index in [9.17, 15) is 13.2 Å². The Morgan fingerprint density at radius 1 is 1.21 bits per heavy atom. The Morgan fingerprint density at radius 3 is 2.25 bits per heavy atom. The van der Waals surface area contributed by atoms with Gasteiger partial charge in [-0.1, -0.05) is 0 Å². The molecule has 1 aromatic heterocycles. The maximum absolute atomic E-state index is 12.6. The maximum Gasteiger partial charge on any atom is 0.338 e. The van der Waals surface area contributed by atoms with E-state index >= 15 is 0 Å². The maximum atomic E-state index is 12.6. The molecule has 0 saturated heterocycles. The number of rotatable bonds is 5. The number of esters is 1. The van der Waals surface area contributed by atoms with Gasteiger partial charge in [0, 0.05) is 12.7 Å². The summed E-state index contributed by atoms with van der Waals surface area (Å²) >= 11 is 0. The summed E-state index contributed by atoms with van der Waals surface area (Å²) in [5.74, 6) is -0.446. The molecule has 0 aliphatic carbocycles. The van der Waals surface area contributed by atoms with Crippen LogP contribution in [0.5, 0.6) is 0 Å². The van der Waals surface area contributed by atoms with E-state index in [1.165, 1.54) is 28.9 Å². The summed E-state index contributed by atoms with van der Waals surface area (Å²) in [5, 5.41) is 4.12. The van der Waals surface area contributed by atoms with Crippen LogP contribution in [-0.4, -0.2) is 30.3 Å². The Morgan fingerprint density at radius 2 is 1.79 bits per heavy atom. The van der Waals surface area contributed by atoms with Crippen LogP contribution in [0, 0.1) is 13.8 Å². The van der Waals surface area contributed by atoms with Gasteiger partial charge in [-0.25, -0.2) is 13.2 Å². The molecule has 0 amide bonds. The number of sulfonamides is 1. The highest BCUT2D eigenvalue weighted by atomic mass is 32.2. The van der Waals surface area contributed by atoms with E-state index < -0.39 is 16.0 Å². The Labute approximate surface area is 141 Å². The first-order valence-corrected chi connectivity index (χ1v) is 8.94. The lowest BCUT2D eigenvalue weighted by Gasteiger charge is -2.10. The van der Waals surface area contributed by atoms with Crippen LogP contribution < -0.4 is 4.72 Å². The van der Waals surface area contributed by atoms with Crippen LogP contribution in [0.1, 0.15) is 35.6 Å². The van der Waals surface area contributed by atoms with E-state index in [0.29, 0.717) is 22.6 Å². The monoisotopic (exact) mass is 351 g/mol. The summed E-state index contributed by atoms with van der Waals surface area (Å²) in [7, 11) is -2.06. The lowest BCUT2D eigenvalue weighted by Crippen LogP contribution is -2.15. The Bertz CT molecular complexity index is 852. The van der Waals surface area contributed by atoms with Crippen molar-refractivity contribution in [3.8, 4) is 0 Å². The van der Waals surface area contributed by atoms with Gasteiger partial charge < -0.3 is 4.74 Å². The molecule has 0 unspecified atom stereocenters. The van der Waals surface area contributed by atoms with Crippen molar-refractivity contribution in [2.24, 2.45) is 7.05 Å². The average Bonchev–Trinajstić information content (AvgIpc) is 2.72. The van der Waals surface area contributed by atoms with Crippen LogP contribution in [0.3, 0.4) is 0 Å². The number of aryl methyl sites for hydroxylation is 2. The predicted molar refractivity (Wildman–Crippen MR) is 90.5 cm³/mol. The van der Waals surface area contributed by atoms with E-state index in [4.69, 9.17) is 4.74 Å². The zero-order valence-electron chi connectivity index (χ0n) is 14.3. The van der Waals surface area contributed by atoms with Crippen molar-refractivity contribution < 1.29 is 17.9 Å². The van der Waals surface area contributed by atoms with Gasteiger partial charge in [-0.3, -0.25) is 9.40 Å². The van der Waals surface area contributed by atoms with Crippen molar-refractivity contribution in [2.45, 2.75) is 38.7 Å². The number of ether oxygens (including phenoxy) is 1. The molecule has 0 aliphatic rings. The molecule has 130 valence electrons. The normalized spacial score (nSPS) is 11.6. The van der Waals surface area contributed by atoms with Gasteiger partial charge in [0.15, 0.2) is 0 Å². The summed E-state index contributed by atoms with van der Waals surface area (Å²) in [5.41, 5.74) is 1.70. The highest BCUT2D eigenvalue weighted by Gasteiger charge is 2.24. The fourth-order valence-electron chi connectivity index (χ4n) is 2.31.